The van der Waals surface area contributed by atoms with Crippen LogP contribution < -0.4 is 5.73 Å². The third kappa shape index (κ3) is 5.71. The summed E-state index contributed by atoms with van der Waals surface area (Å²) in [4.78, 5) is 11.6. The van der Waals surface area contributed by atoms with Crippen molar-refractivity contribution in [2.75, 3.05) is 6.61 Å². The molecule has 0 aromatic heterocycles. The average molecular weight is 248 g/mol. The van der Waals surface area contributed by atoms with Gasteiger partial charge in [-0.1, -0.05) is 45.1 Å². The molecule has 0 saturated heterocycles. The molecule has 0 unspecified atom stereocenters. The van der Waals surface area contributed by atoms with Gasteiger partial charge in [0.25, 0.3) is 0 Å². The van der Waals surface area contributed by atoms with E-state index in [9.17, 15) is 4.79 Å². The first-order valence-electron chi connectivity index (χ1n) is 6.73. The summed E-state index contributed by atoms with van der Waals surface area (Å²) < 4.78 is 5.17. The van der Waals surface area contributed by atoms with Gasteiger partial charge in [-0.3, -0.25) is 0 Å². The summed E-state index contributed by atoms with van der Waals surface area (Å²) in [6, 6.07) is 6.55. The van der Waals surface area contributed by atoms with Gasteiger partial charge >= 0.3 is 5.97 Å². The van der Waals surface area contributed by atoms with Crippen LogP contribution >= 0.6 is 0 Å². The predicted octanol–water partition coefficient (Wildman–Crippen LogP) is 4.12. The highest BCUT2D eigenvalue weighted by atomic mass is 16.5. The molecule has 0 bridgehead atoms. The molecular formula is C15H22NO2. The summed E-state index contributed by atoms with van der Waals surface area (Å²) in [6.07, 6.45) is 7.06. The van der Waals surface area contributed by atoms with Crippen molar-refractivity contribution in [3.05, 3.63) is 29.8 Å². The number of esters is 1. The summed E-state index contributed by atoms with van der Waals surface area (Å²) in [5.41, 5.74) is 8.23. The molecule has 0 atom stereocenters. The number of hydrogen-bond acceptors (Lipinski definition) is 2. The Bertz CT molecular complexity index is 363. The zero-order valence-corrected chi connectivity index (χ0v) is 11.1. The lowest BCUT2D eigenvalue weighted by atomic mass is 10.1. The van der Waals surface area contributed by atoms with E-state index in [0.717, 1.165) is 12.8 Å². The van der Waals surface area contributed by atoms with Gasteiger partial charge in [0.2, 0.25) is 0 Å². The second kappa shape index (κ2) is 8.56. The first-order valence-corrected chi connectivity index (χ1v) is 6.73. The van der Waals surface area contributed by atoms with Gasteiger partial charge in [-0.15, -0.1) is 0 Å². The molecule has 3 nitrogen and oxygen atoms in total. The topological polar surface area (TPSA) is 50.1 Å². The van der Waals surface area contributed by atoms with Gasteiger partial charge in [-0.25, -0.2) is 4.79 Å². The molecular weight excluding hydrogens is 226 g/mol. The van der Waals surface area contributed by atoms with Gasteiger partial charge in [-0.05, 0) is 24.6 Å². The van der Waals surface area contributed by atoms with Crippen LogP contribution in [0.3, 0.4) is 0 Å². The summed E-state index contributed by atoms with van der Waals surface area (Å²) in [5.74, 6) is -0.322. The Hall–Kier alpha value is -1.51. The van der Waals surface area contributed by atoms with Crippen molar-refractivity contribution >= 4 is 11.7 Å². The highest BCUT2D eigenvalue weighted by Gasteiger charge is 2.06. The van der Waals surface area contributed by atoms with Crippen LogP contribution in [0.4, 0.5) is 5.69 Å². The Morgan fingerprint density at radius 2 is 1.89 bits per heavy atom. The minimum atomic E-state index is -0.322. The average Bonchev–Trinajstić information content (AvgIpc) is 2.37. The van der Waals surface area contributed by atoms with E-state index in [1.54, 1.807) is 18.2 Å². The molecule has 0 aliphatic heterocycles. The number of hydrogen-bond donors (Lipinski definition) is 0. The number of carbonyl (C=O) groups excluding carboxylic acids is 1. The van der Waals surface area contributed by atoms with E-state index < -0.39 is 0 Å². The van der Waals surface area contributed by atoms with Crippen LogP contribution in [0.15, 0.2) is 24.3 Å². The second-order valence-electron chi connectivity index (χ2n) is 4.48. The van der Waals surface area contributed by atoms with Crippen molar-refractivity contribution in [2.24, 2.45) is 0 Å². The van der Waals surface area contributed by atoms with Gasteiger partial charge in [0.1, 0.15) is 0 Å². The predicted molar refractivity (Wildman–Crippen MR) is 72.9 cm³/mol. The molecule has 0 amide bonds. The maximum absolute atomic E-state index is 11.6. The lowest BCUT2D eigenvalue weighted by Gasteiger charge is -2.05. The van der Waals surface area contributed by atoms with Crippen LogP contribution in [0.2, 0.25) is 0 Å². The molecule has 0 heterocycles. The highest BCUT2D eigenvalue weighted by Crippen LogP contribution is 2.10. The monoisotopic (exact) mass is 248 g/mol. The molecule has 1 radical (unpaired) electrons. The van der Waals surface area contributed by atoms with Crippen LogP contribution in [-0.2, 0) is 4.74 Å². The molecule has 0 fully saturated rings. The van der Waals surface area contributed by atoms with Crippen molar-refractivity contribution in [1.29, 1.82) is 0 Å². The van der Waals surface area contributed by atoms with Gasteiger partial charge in [0.05, 0.1) is 17.9 Å². The van der Waals surface area contributed by atoms with Crippen molar-refractivity contribution < 1.29 is 9.53 Å². The molecule has 18 heavy (non-hydrogen) atoms. The summed E-state index contributed by atoms with van der Waals surface area (Å²) in [7, 11) is 0. The SMILES string of the molecule is CCCCCCCCOC(=O)c1cccc([NH])c1. The van der Waals surface area contributed by atoms with Gasteiger partial charge in [0, 0.05) is 0 Å². The number of unbranched alkanes of at least 4 members (excludes halogenated alkanes) is 5. The molecule has 99 valence electrons. The van der Waals surface area contributed by atoms with Crippen LogP contribution in [-0.4, -0.2) is 12.6 Å². The standard InChI is InChI=1S/C15H22NO2/c1-2-3-4-5-6-7-11-18-15(17)13-9-8-10-14(16)12-13/h8-10,12,16H,2-7,11H2,1H3. The Balaban J connectivity index is 2.14. The Morgan fingerprint density at radius 3 is 2.61 bits per heavy atom. The molecule has 1 rings (SSSR count). The summed E-state index contributed by atoms with van der Waals surface area (Å²) in [5, 5.41) is 0. The largest absolute Gasteiger partial charge is 0.462 e. The van der Waals surface area contributed by atoms with Crippen molar-refractivity contribution in [2.45, 2.75) is 45.4 Å². The first kappa shape index (κ1) is 14.6. The van der Waals surface area contributed by atoms with E-state index in [1.807, 2.05) is 0 Å². The van der Waals surface area contributed by atoms with E-state index in [-0.39, 0.29) is 5.97 Å². The van der Waals surface area contributed by atoms with E-state index in [0.29, 0.717) is 17.9 Å². The minimum absolute atomic E-state index is 0.322. The number of carbonyl (C=O) groups is 1. The fourth-order valence-electron chi connectivity index (χ4n) is 1.78. The first-order chi connectivity index (χ1) is 8.74. The number of nitrogens with one attached hydrogen (secondary N) is 1. The summed E-state index contributed by atoms with van der Waals surface area (Å²) >= 11 is 0. The van der Waals surface area contributed by atoms with Gasteiger partial charge < -0.3 is 10.5 Å². The lowest BCUT2D eigenvalue weighted by Crippen LogP contribution is -2.06. The minimum Gasteiger partial charge on any atom is -0.462 e. The fourth-order valence-corrected chi connectivity index (χ4v) is 1.78. The maximum Gasteiger partial charge on any atom is 0.338 e. The fraction of sp³-hybridized carbons (Fsp3) is 0.533. The maximum atomic E-state index is 11.6. The summed E-state index contributed by atoms with van der Waals surface area (Å²) in [6.45, 7) is 2.68. The van der Waals surface area contributed by atoms with Crippen molar-refractivity contribution in [1.82, 2.24) is 5.73 Å². The molecule has 0 saturated carbocycles. The number of benzene rings is 1. The number of rotatable bonds is 8. The molecule has 3 heteroatoms. The number of ether oxygens (including phenoxy) is 1. The molecule has 1 N–H and O–H groups in total. The van der Waals surface area contributed by atoms with Gasteiger partial charge in [0.15, 0.2) is 0 Å². The molecule has 1 aromatic rings. The smallest absolute Gasteiger partial charge is 0.338 e. The second-order valence-corrected chi connectivity index (χ2v) is 4.48. The quantitative estimate of drug-likeness (QED) is 0.513. The van der Waals surface area contributed by atoms with E-state index >= 15 is 0 Å². The van der Waals surface area contributed by atoms with Crippen molar-refractivity contribution in [3.63, 3.8) is 0 Å². The Labute approximate surface area is 109 Å². The van der Waals surface area contributed by atoms with Crippen molar-refractivity contribution in [3.8, 4) is 0 Å². The zero-order valence-electron chi connectivity index (χ0n) is 11.1. The van der Waals surface area contributed by atoms with E-state index in [2.05, 4.69) is 6.92 Å². The van der Waals surface area contributed by atoms with Crippen LogP contribution in [0, 0.1) is 0 Å². The third-order valence-electron chi connectivity index (χ3n) is 2.83. The molecule has 1 aromatic carbocycles. The zero-order chi connectivity index (χ0) is 13.2. The third-order valence-corrected chi connectivity index (χ3v) is 2.83. The highest BCUT2D eigenvalue weighted by molar-refractivity contribution is 5.90. The normalized spacial score (nSPS) is 10.3. The molecule has 0 spiro atoms. The van der Waals surface area contributed by atoms with Crippen LogP contribution in [0.1, 0.15) is 55.8 Å². The Kier molecular flexibility index (Phi) is 6.92. The molecule has 0 aliphatic carbocycles. The Morgan fingerprint density at radius 1 is 1.17 bits per heavy atom. The lowest BCUT2D eigenvalue weighted by molar-refractivity contribution is 0.0497. The molecule has 0 aliphatic rings. The van der Waals surface area contributed by atoms with E-state index in [1.165, 1.54) is 31.7 Å². The van der Waals surface area contributed by atoms with Crippen LogP contribution in [0.25, 0.3) is 0 Å². The van der Waals surface area contributed by atoms with E-state index in [4.69, 9.17) is 10.5 Å². The van der Waals surface area contributed by atoms with Gasteiger partial charge in [-0.2, -0.15) is 0 Å². The van der Waals surface area contributed by atoms with Crippen LogP contribution in [0.5, 0.6) is 0 Å².